The number of benzene rings is 1. The van der Waals surface area contributed by atoms with Crippen LogP contribution in [0.2, 0.25) is 0 Å². The number of carbonyl (C=O) groups is 1. The fraction of sp³-hybridized carbons (Fsp3) is 0.731. The van der Waals surface area contributed by atoms with Crippen LogP contribution in [0.1, 0.15) is 51.0 Å². The molecule has 9 atom stereocenters. The first-order valence-corrected chi connectivity index (χ1v) is 14.7. The van der Waals surface area contributed by atoms with E-state index in [1.807, 2.05) is 0 Å². The van der Waals surface area contributed by atoms with Gasteiger partial charge in [-0.15, -0.1) is 23.4 Å². The summed E-state index contributed by atoms with van der Waals surface area (Å²) in [6, 6.07) is 2.33. The second-order valence-electron chi connectivity index (χ2n) is 10.1. The molecule has 210 valence electrons. The van der Waals surface area contributed by atoms with Crippen molar-refractivity contribution >= 4 is 29.3 Å². The Morgan fingerprint density at radius 2 is 1.95 bits per heavy atom. The van der Waals surface area contributed by atoms with Crippen molar-refractivity contribution in [3.8, 4) is 0 Å². The summed E-state index contributed by atoms with van der Waals surface area (Å²) < 4.78 is 33.0. The maximum Gasteiger partial charge on any atom is 0.237 e. The number of halogens is 3. The number of nitrogens with one attached hydrogen (secondary N) is 2. The van der Waals surface area contributed by atoms with E-state index >= 15 is 0 Å². The molecule has 0 radical (unpaired) electrons. The molecule has 7 nitrogen and oxygen atoms in total. The average Bonchev–Trinajstić information content (AvgIpc) is 3.12. The minimum absolute atomic E-state index is 0.253. The van der Waals surface area contributed by atoms with Gasteiger partial charge in [-0.3, -0.25) is 4.79 Å². The van der Waals surface area contributed by atoms with E-state index in [-0.39, 0.29) is 11.7 Å². The van der Waals surface area contributed by atoms with Gasteiger partial charge in [-0.1, -0.05) is 12.8 Å². The zero-order valence-corrected chi connectivity index (χ0v) is 22.9. The molecule has 0 aromatic heterocycles. The molecule has 0 saturated carbocycles. The summed E-state index contributed by atoms with van der Waals surface area (Å²) in [4.78, 5) is 13.1. The number of aliphatic hydroxyl groups excluding tert-OH is 3. The zero-order chi connectivity index (χ0) is 27.1. The van der Waals surface area contributed by atoms with E-state index in [1.54, 1.807) is 13.2 Å². The third kappa shape index (κ3) is 8.24. The highest BCUT2D eigenvalue weighted by molar-refractivity contribution is 7.99. The zero-order valence-electron chi connectivity index (χ0n) is 21.3. The van der Waals surface area contributed by atoms with Crippen LogP contribution in [0.4, 0.5) is 8.78 Å². The molecular weight excluding hydrogens is 526 g/mol. The van der Waals surface area contributed by atoms with E-state index in [0.717, 1.165) is 44.2 Å². The number of hydrogen-bond acceptors (Lipinski definition) is 7. The van der Waals surface area contributed by atoms with Crippen LogP contribution < -0.4 is 10.6 Å². The Bertz CT molecular complexity index is 883. The summed E-state index contributed by atoms with van der Waals surface area (Å²) in [5.41, 5.74) is -0.354. The summed E-state index contributed by atoms with van der Waals surface area (Å²) in [5, 5.41) is 36.5. The normalized spacial score (nSPS) is 32.4. The monoisotopic (exact) mass is 564 g/mol. The first-order valence-electron chi connectivity index (χ1n) is 13.0. The summed E-state index contributed by atoms with van der Waals surface area (Å²) in [6.45, 7) is 2.35. The summed E-state index contributed by atoms with van der Waals surface area (Å²) in [6.07, 6.45) is 2.17. The van der Waals surface area contributed by atoms with Gasteiger partial charge >= 0.3 is 0 Å². The Morgan fingerprint density at radius 1 is 1.19 bits per heavy atom. The van der Waals surface area contributed by atoms with Gasteiger partial charge in [0.15, 0.2) is 0 Å². The lowest BCUT2D eigenvalue weighted by atomic mass is 9.91. The topological polar surface area (TPSA) is 111 Å². The molecule has 3 unspecified atom stereocenters. The van der Waals surface area contributed by atoms with E-state index in [1.165, 1.54) is 17.8 Å². The lowest BCUT2D eigenvalue weighted by Gasteiger charge is -2.44. The van der Waals surface area contributed by atoms with Crippen LogP contribution in [0.15, 0.2) is 18.2 Å². The fourth-order valence-electron chi connectivity index (χ4n) is 5.19. The second-order valence-corrected chi connectivity index (χ2v) is 11.7. The standard InChI is InChI=1S/C26H39ClF2N2O5S/c1-14(27)20(24-22(33)21(32)23(34)26(36-24)37-2)31-25(35)19-10-7-15(11-12-30-19)5-3-4-6-16-13-17(28)8-9-18(16)29/h8-9,13-15,19-24,26,30,32-34H,3-7,10-12H2,1-2H3,(H,31,35)/t14-,15-,19?,20+,21?,22-,23+,24+,26?/m0/s1. The molecule has 0 bridgehead atoms. The highest BCUT2D eigenvalue weighted by atomic mass is 35.5. The van der Waals surface area contributed by atoms with Crippen molar-refractivity contribution in [2.45, 2.75) is 99.2 Å². The molecule has 0 aliphatic carbocycles. The predicted octanol–water partition coefficient (Wildman–Crippen LogP) is 2.72. The lowest BCUT2D eigenvalue weighted by molar-refractivity contribution is -0.205. The molecule has 0 spiro atoms. The van der Waals surface area contributed by atoms with Gasteiger partial charge in [0.25, 0.3) is 0 Å². The number of alkyl halides is 1. The maximum atomic E-state index is 13.8. The van der Waals surface area contributed by atoms with E-state index in [9.17, 15) is 28.9 Å². The van der Waals surface area contributed by atoms with Gasteiger partial charge in [0.05, 0.1) is 17.5 Å². The minimum atomic E-state index is -1.42. The van der Waals surface area contributed by atoms with Crippen LogP contribution in [-0.2, 0) is 16.0 Å². The number of unbranched alkanes of at least 4 members (excludes halogenated alkanes) is 1. The molecule has 3 rings (SSSR count). The largest absolute Gasteiger partial charge is 0.388 e. The van der Waals surface area contributed by atoms with Crippen molar-refractivity contribution in [1.82, 2.24) is 10.6 Å². The summed E-state index contributed by atoms with van der Waals surface area (Å²) >= 11 is 7.57. The Morgan fingerprint density at radius 3 is 2.65 bits per heavy atom. The molecule has 2 saturated heterocycles. The van der Waals surface area contributed by atoms with Crippen molar-refractivity contribution in [3.63, 3.8) is 0 Å². The summed E-state index contributed by atoms with van der Waals surface area (Å²) in [5.74, 6) is -0.632. The Balaban J connectivity index is 1.49. The van der Waals surface area contributed by atoms with Crippen molar-refractivity contribution in [1.29, 1.82) is 0 Å². The molecule has 1 aromatic carbocycles. The highest BCUT2D eigenvalue weighted by Crippen LogP contribution is 2.30. The third-order valence-corrected chi connectivity index (χ3v) is 8.56. The van der Waals surface area contributed by atoms with Gasteiger partial charge in [0.2, 0.25) is 5.91 Å². The number of amides is 1. The van der Waals surface area contributed by atoms with Crippen molar-refractivity contribution in [2.75, 3.05) is 12.8 Å². The van der Waals surface area contributed by atoms with Crippen LogP contribution in [0.5, 0.6) is 0 Å². The van der Waals surface area contributed by atoms with Gasteiger partial charge in [-0.2, -0.15) is 0 Å². The molecule has 1 aromatic rings. The molecule has 2 aliphatic rings. The number of ether oxygens (including phenoxy) is 1. The van der Waals surface area contributed by atoms with E-state index in [0.29, 0.717) is 30.9 Å². The predicted molar refractivity (Wildman–Crippen MR) is 140 cm³/mol. The Hall–Kier alpha value is -1.01. The first kappa shape index (κ1) is 30.5. The van der Waals surface area contributed by atoms with Crippen molar-refractivity contribution in [2.24, 2.45) is 5.92 Å². The van der Waals surface area contributed by atoms with Gasteiger partial charge in [-0.25, -0.2) is 8.78 Å². The molecule has 2 heterocycles. The van der Waals surface area contributed by atoms with Crippen LogP contribution >= 0.6 is 23.4 Å². The number of aryl methyl sites for hydroxylation is 1. The number of aliphatic hydroxyl groups is 3. The van der Waals surface area contributed by atoms with Crippen LogP contribution in [0.25, 0.3) is 0 Å². The molecule has 11 heteroatoms. The number of rotatable bonds is 10. The van der Waals surface area contributed by atoms with Crippen molar-refractivity contribution in [3.05, 3.63) is 35.4 Å². The van der Waals surface area contributed by atoms with Gasteiger partial charge in [0, 0.05) is 0 Å². The van der Waals surface area contributed by atoms with E-state index in [4.69, 9.17) is 16.3 Å². The maximum absolute atomic E-state index is 13.8. The van der Waals surface area contributed by atoms with Crippen LogP contribution in [-0.4, -0.2) is 81.3 Å². The number of carbonyl (C=O) groups excluding carboxylic acids is 1. The van der Waals surface area contributed by atoms with Gasteiger partial charge in [0.1, 0.15) is 41.5 Å². The number of thioether (sulfide) groups is 1. The third-order valence-electron chi connectivity index (χ3n) is 7.44. The Labute approximate surface area is 226 Å². The van der Waals surface area contributed by atoms with Gasteiger partial charge in [-0.05, 0) is 81.5 Å². The number of hydrogen-bond donors (Lipinski definition) is 5. The Kier molecular flexibility index (Phi) is 11.9. The molecule has 2 fully saturated rings. The molecule has 2 aliphatic heterocycles. The quantitative estimate of drug-likeness (QED) is 0.219. The molecule has 37 heavy (non-hydrogen) atoms. The first-order chi connectivity index (χ1) is 17.6. The summed E-state index contributed by atoms with van der Waals surface area (Å²) in [7, 11) is 0. The molecule has 1 amide bonds. The average molecular weight is 565 g/mol. The highest BCUT2D eigenvalue weighted by Gasteiger charge is 2.48. The fourth-order valence-corrected chi connectivity index (χ4v) is 6.08. The molecular formula is C26H39ClF2N2O5S. The smallest absolute Gasteiger partial charge is 0.237 e. The van der Waals surface area contributed by atoms with E-state index < -0.39 is 53.1 Å². The van der Waals surface area contributed by atoms with Gasteiger partial charge < -0.3 is 30.7 Å². The van der Waals surface area contributed by atoms with Crippen LogP contribution in [0.3, 0.4) is 0 Å². The second kappa shape index (κ2) is 14.4. The molecule has 5 N–H and O–H groups in total. The SMILES string of the molecule is CSC1O[C@H]([C@H](NC(=O)C2CC[C@H](CCCCc3cc(F)ccc3F)CCN2)[C@H](C)Cl)[C@@H](O)C(O)[C@H]1O. The van der Waals surface area contributed by atoms with E-state index in [2.05, 4.69) is 10.6 Å². The van der Waals surface area contributed by atoms with Crippen LogP contribution in [0, 0.1) is 17.6 Å². The lowest BCUT2D eigenvalue weighted by Crippen LogP contribution is -2.65. The minimum Gasteiger partial charge on any atom is -0.388 e. The van der Waals surface area contributed by atoms with Crippen molar-refractivity contribution < 1.29 is 33.6 Å².